The molecule has 0 aliphatic heterocycles. The quantitative estimate of drug-likeness (QED) is 0.827. The van der Waals surface area contributed by atoms with Crippen molar-refractivity contribution in [3.63, 3.8) is 0 Å². The van der Waals surface area contributed by atoms with Crippen molar-refractivity contribution in [1.29, 1.82) is 0 Å². The maximum atomic E-state index is 4.22. The van der Waals surface area contributed by atoms with Gasteiger partial charge in [-0.05, 0) is 12.1 Å². The fourth-order valence-electron chi connectivity index (χ4n) is 1.14. The van der Waals surface area contributed by atoms with E-state index >= 15 is 0 Å². The Balaban J connectivity index is 1.79. The van der Waals surface area contributed by atoms with Crippen LogP contribution in [0, 0.1) is 0 Å². The third-order valence-corrected chi connectivity index (χ3v) is 2.57. The number of rotatable bonds is 4. The fraction of sp³-hybridized carbons (Fsp3) is 0.200. The normalized spacial score (nSPS) is 10.3. The second-order valence-corrected chi connectivity index (χ2v) is 3.83. The Morgan fingerprint density at radius 2 is 2.14 bits per heavy atom. The van der Waals surface area contributed by atoms with Crippen LogP contribution in [-0.2, 0) is 13.1 Å². The third kappa shape index (κ3) is 2.61. The molecular formula is C10H11N3S. The minimum Gasteiger partial charge on any atom is -0.305 e. The van der Waals surface area contributed by atoms with Crippen molar-refractivity contribution >= 4 is 11.3 Å². The standard InChI is InChI=1S/C10H11N3S/c1-2-4-12-9(3-1)7-11-8-10-13-5-6-14-10/h1-6,11H,7-8H2. The van der Waals surface area contributed by atoms with E-state index in [9.17, 15) is 0 Å². The van der Waals surface area contributed by atoms with Crippen molar-refractivity contribution in [2.24, 2.45) is 0 Å². The Bertz CT molecular complexity index is 358. The fourth-order valence-corrected chi connectivity index (χ4v) is 1.73. The first kappa shape index (κ1) is 9.30. The Morgan fingerprint density at radius 1 is 1.14 bits per heavy atom. The zero-order chi connectivity index (χ0) is 9.64. The third-order valence-electron chi connectivity index (χ3n) is 1.79. The zero-order valence-corrected chi connectivity index (χ0v) is 8.50. The van der Waals surface area contributed by atoms with Crippen LogP contribution in [-0.4, -0.2) is 9.97 Å². The molecule has 0 aromatic carbocycles. The van der Waals surface area contributed by atoms with Crippen molar-refractivity contribution in [2.75, 3.05) is 0 Å². The van der Waals surface area contributed by atoms with Crippen molar-refractivity contribution < 1.29 is 0 Å². The Hall–Kier alpha value is -1.26. The summed E-state index contributed by atoms with van der Waals surface area (Å²) in [6.07, 6.45) is 3.63. The highest BCUT2D eigenvalue weighted by molar-refractivity contribution is 7.09. The van der Waals surface area contributed by atoms with Crippen LogP contribution in [0.5, 0.6) is 0 Å². The van der Waals surface area contributed by atoms with Crippen LogP contribution in [0.2, 0.25) is 0 Å². The van der Waals surface area contributed by atoms with Crippen LogP contribution >= 0.6 is 11.3 Å². The Kier molecular flexibility index (Phi) is 3.21. The smallest absolute Gasteiger partial charge is 0.106 e. The molecule has 2 aromatic rings. The highest BCUT2D eigenvalue weighted by Crippen LogP contribution is 2.03. The van der Waals surface area contributed by atoms with E-state index in [0.717, 1.165) is 23.8 Å². The molecule has 0 unspecified atom stereocenters. The first-order valence-corrected chi connectivity index (χ1v) is 5.32. The van der Waals surface area contributed by atoms with E-state index in [1.807, 2.05) is 29.8 Å². The second-order valence-electron chi connectivity index (χ2n) is 2.85. The van der Waals surface area contributed by atoms with Gasteiger partial charge in [0, 0.05) is 30.9 Å². The van der Waals surface area contributed by atoms with Crippen LogP contribution in [0.1, 0.15) is 10.7 Å². The lowest BCUT2D eigenvalue weighted by Crippen LogP contribution is -2.13. The van der Waals surface area contributed by atoms with Gasteiger partial charge in [0.2, 0.25) is 0 Å². The molecule has 1 N–H and O–H groups in total. The van der Waals surface area contributed by atoms with E-state index < -0.39 is 0 Å². The summed E-state index contributed by atoms with van der Waals surface area (Å²) >= 11 is 1.66. The molecule has 0 atom stereocenters. The molecule has 2 rings (SSSR count). The highest BCUT2D eigenvalue weighted by atomic mass is 32.1. The lowest BCUT2D eigenvalue weighted by molar-refractivity contribution is 0.677. The van der Waals surface area contributed by atoms with Crippen LogP contribution in [0.25, 0.3) is 0 Å². The number of thiazole rings is 1. The van der Waals surface area contributed by atoms with Crippen LogP contribution in [0.15, 0.2) is 36.0 Å². The number of nitrogens with one attached hydrogen (secondary N) is 1. The average molecular weight is 205 g/mol. The molecule has 2 aromatic heterocycles. The maximum Gasteiger partial charge on any atom is 0.106 e. The summed E-state index contributed by atoms with van der Waals surface area (Å²) in [5, 5.41) is 6.39. The van der Waals surface area contributed by atoms with Gasteiger partial charge in [0.25, 0.3) is 0 Å². The average Bonchev–Trinajstić information content (AvgIpc) is 2.72. The summed E-state index contributed by atoms with van der Waals surface area (Å²) in [5.74, 6) is 0. The van der Waals surface area contributed by atoms with E-state index in [2.05, 4.69) is 15.3 Å². The van der Waals surface area contributed by atoms with Gasteiger partial charge in [0.15, 0.2) is 0 Å². The summed E-state index contributed by atoms with van der Waals surface area (Å²) < 4.78 is 0. The van der Waals surface area contributed by atoms with Gasteiger partial charge in [-0.15, -0.1) is 11.3 Å². The molecule has 14 heavy (non-hydrogen) atoms. The van der Waals surface area contributed by atoms with Gasteiger partial charge in [0.1, 0.15) is 5.01 Å². The molecule has 0 saturated heterocycles. The first-order chi connectivity index (χ1) is 6.95. The van der Waals surface area contributed by atoms with Gasteiger partial charge in [0.05, 0.1) is 5.69 Å². The molecule has 0 aliphatic rings. The number of hydrogen-bond acceptors (Lipinski definition) is 4. The summed E-state index contributed by atoms with van der Waals surface area (Å²) in [4.78, 5) is 8.40. The van der Waals surface area contributed by atoms with Crippen LogP contribution < -0.4 is 5.32 Å². The molecule has 3 nitrogen and oxygen atoms in total. The molecule has 72 valence electrons. The molecule has 4 heteroatoms. The number of hydrogen-bond donors (Lipinski definition) is 1. The number of aromatic nitrogens is 2. The van der Waals surface area contributed by atoms with Gasteiger partial charge in [-0.3, -0.25) is 4.98 Å². The van der Waals surface area contributed by atoms with Gasteiger partial charge >= 0.3 is 0 Å². The molecule has 2 heterocycles. The van der Waals surface area contributed by atoms with Crippen molar-refractivity contribution in [1.82, 2.24) is 15.3 Å². The maximum absolute atomic E-state index is 4.22. The van der Waals surface area contributed by atoms with Crippen LogP contribution in [0.4, 0.5) is 0 Å². The predicted octanol–water partition coefficient (Wildman–Crippen LogP) is 1.83. The van der Waals surface area contributed by atoms with Crippen molar-refractivity contribution in [3.8, 4) is 0 Å². The second kappa shape index (κ2) is 4.83. The van der Waals surface area contributed by atoms with Crippen molar-refractivity contribution in [2.45, 2.75) is 13.1 Å². The number of nitrogens with zero attached hydrogens (tertiary/aromatic N) is 2. The Labute approximate surface area is 86.8 Å². The molecule has 0 saturated carbocycles. The topological polar surface area (TPSA) is 37.8 Å². The molecular weight excluding hydrogens is 194 g/mol. The lowest BCUT2D eigenvalue weighted by atomic mass is 10.3. The number of pyridine rings is 1. The van der Waals surface area contributed by atoms with Crippen LogP contribution in [0.3, 0.4) is 0 Å². The molecule has 0 bridgehead atoms. The highest BCUT2D eigenvalue weighted by Gasteiger charge is 1.95. The SMILES string of the molecule is c1ccc(CNCc2nccs2)nc1. The Morgan fingerprint density at radius 3 is 2.86 bits per heavy atom. The van der Waals surface area contributed by atoms with E-state index in [0.29, 0.717) is 0 Å². The van der Waals surface area contributed by atoms with Crippen molar-refractivity contribution in [3.05, 3.63) is 46.7 Å². The van der Waals surface area contributed by atoms with Gasteiger partial charge in [-0.2, -0.15) is 0 Å². The summed E-state index contributed by atoms with van der Waals surface area (Å²) in [7, 11) is 0. The minimum atomic E-state index is 0.792. The van der Waals surface area contributed by atoms with E-state index in [4.69, 9.17) is 0 Å². The molecule has 0 spiro atoms. The molecule has 0 radical (unpaired) electrons. The summed E-state index contributed by atoms with van der Waals surface area (Å²) in [6, 6.07) is 5.92. The van der Waals surface area contributed by atoms with E-state index in [1.165, 1.54) is 0 Å². The largest absolute Gasteiger partial charge is 0.305 e. The minimum absolute atomic E-state index is 0.792. The molecule has 0 aliphatic carbocycles. The lowest BCUT2D eigenvalue weighted by Gasteiger charge is -2.00. The molecule has 0 amide bonds. The van der Waals surface area contributed by atoms with E-state index in [-0.39, 0.29) is 0 Å². The zero-order valence-electron chi connectivity index (χ0n) is 7.68. The van der Waals surface area contributed by atoms with Gasteiger partial charge < -0.3 is 5.32 Å². The monoisotopic (exact) mass is 205 g/mol. The van der Waals surface area contributed by atoms with E-state index in [1.54, 1.807) is 17.5 Å². The van der Waals surface area contributed by atoms with Gasteiger partial charge in [-0.1, -0.05) is 6.07 Å². The summed E-state index contributed by atoms with van der Waals surface area (Å²) in [6.45, 7) is 1.61. The molecule has 0 fully saturated rings. The summed E-state index contributed by atoms with van der Waals surface area (Å²) in [5.41, 5.74) is 1.06. The first-order valence-electron chi connectivity index (χ1n) is 4.44. The predicted molar refractivity (Wildman–Crippen MR) is 56.9 cm³/mol. The van der Waals surface area contributed by atoms with Gasteiger partial charge in [-0.25, -0.2) is 4.98 Å².